The molecule has 0 amide bonds. The summed E-state index contributed by atoms with van der Waals surface area (Å²) in [6.07, 6.45) is 3.73. The third-order valence-corrected chi connectivity index (χ3v) is 5.79. The molecule has 4 nitrogen and oxygen atoms in total. The maximum absolute atomic E-state index is 12.3. The Bertz CT molecular complexity index is 492. The van der Waals surface area contributed by atoms with E-state index in [-0.39, 0.29) is 11.0 Å². The Balaban J connectivity index is 2.06. The second-order valence-corrected chi connectivity index (χ2v) is 7.55. The highest BCUT2D eigenvalue weighted by molar-refractivity contribution is 7.91. The van der Waals surface area contributed by atoms with Gasteiger partial charge in [0.15, 0.2) is 9.84 Å². The molecule has 1 aliphatic carbocycles. The summed E-state index contributed by atoms with van der Waals surface area (Å²) in [5, 5.41) is -0.201. The van der Waals surface area contributed by atoms with Crippen molar-refractivity contribution in [2.45, 2.75) is 50.2 Å². The minimum atomic E-state index is -3.10. The van der Waals surface area contributed by atoms with E-state index < -0.39 is 9.84 Å². The van der Waals surface area contributed by atoms with Gasteiger partial charge in [0.1, 0.15) is 17.3 Å². The van der Waals surface area contributed by atoms with Gasteiger partial charge >= 0.3 is 0 Å². The molecule has 0 bridgehead atoms. The first-order chi connectivity index (χ1) is 8.51. The monoisotopic (exact) mass is 271 g/mol. The molecule has 5 heteroatoms. The third kappa shape index (κ3) is 3.14. The van der Waals surface area contributed by atoms with Crippen molar-refractivity contribution in [1.29, 1.82) is 0 Å². The van der Waals surface area contributed by atoms with E-state index in [1.165, 1.54) is 0 Å². The van der Waals surface area contributed by atoms with Crippen molar-refractivity contribution in [3.63, 3.8) is 0 Å². The van der Waals surface area contributed by atoms with Gasteiger partial charge in [-0.25, -0.2) is 8.42 Å². The van der Waals surface area contributed by atoms with Crippen LogP contribution in [0.15, 0.2) is 16.5 Å². The van der Waals surface area contributed by atoms with E-state index in [4.69, 9.17) is 10.2 Å². The molecule has 0 aliphatic heterocycles. The molecule has 2 atom stereocenters. The number of hydrogen-bond acceptors (Lipinski definition) is 4. The number of hydrogen-bond donors (Lipinski definition) is 1. The van der Waals surface area contributed by atoms with Gasteiger partial charge in [0.2, 0.25) is 0 Å². The van der Waals surface area contributed by atoms with Crippen LogP contribution >= 0.6 is 0 Å². The predicted octanol–water partition coefficient (Wildman–Crippen LogP) is 2.23. The standard InChI is InChI=1S/C13H21NO3S/c1-10-3-2-4-13(7-10)18(15,16)9-12-6-5-11(8-14)17-12/h5-6,10,13H,2-4,7-9,14H2,1H3. The Labute approximate surface area is 108 Å². The first kappa shape index (κ1) is 13.6. The van der Waals surface area contributed by atoms with Crippen LogP contribution in [-0.4, -0.2) is 13.7 Å². The Morgan fingerprint density at radius 2 is 2.06 bits per heavy atom. The van der Waals surface area contributed by atoms with E-state index in [0.717, 1.165) is 25.7 Å². The van der Waals surface area contributed by atoms with Crippen LogP contribution in [0, 0.1) is 5.92 Å². The third-order valence-electron chi connectivity index (χ3n) is 3.66. The van der Waals surface area contributed by atoms with Gasteiger partial charge in [0.05, 0.1) is 11.8 Å². The maximum atomic E-state index is 12.3. The summed E-state index contributed by atoms with van der Waals surface area (Å²) in [6.45, 7) is 2.43. The van der Waals surface area contributed by atoms with Gasteiger partial charge in [-0.15, -0.1) is 0 Å². The van der Waals surface area contributed by atoms with Crippen LogP contribution in [0.3, 0.4) is 0 Å². The molecule has 0 spiro atoms. The molecular weight excluding hydrogens is 250 g/mol. The lowest BCUT2D eigenvalue weighted by molar-refractivity contribution is 0.380. The molecule has 18 heavy (non-hydrogen) atoms. The minimum Gasteiger partial charge on any atom is -0.464 e. The fraction of sp³-hybridized carbons (Fsp3) is 0.692. The summed E-state index contributed by atoms with van der Waals surface area (Å²) in [5.41, 5.74) is 5.44. The Hall–Kier alpha value is -0.810. The molecule has 2 N–H and O–H groups in total. The number of rotatable bonds is 4. The molecule has 0 aromatic carbocycles. The molecule has 1 aliphatic rings. The number of sulfone groups is 1. The maximum Gasteiger partial charge on any atom is 0.160 e. The first-order valence-corrected chi connectivity index (χ1v) is 8.22. The fourth-order valence-corrected chi connectivity index (χ4v) is 4.57. The summed E-state index contributed by atoms with van der Waals surface area (Å²) < 4.78 is 30.0. The van der Waals surface area contributed by atoms with Crippen LogP contribution in [0.5, 0.6) is 0 Å². The van der Waals surface area contributed by atoms with Crippen LogP contribution < -0.4 is 5.73 Å². The SMILES string of the molecule is CC1CCCC(S(=O)(=O)Cc2ccc(CN)o2)C1. The second-order valence-electron chi connectivity index (χ2n) is 5.27. The van der Waals surface area contributed by atoms with E-state index >= 15 is 0 Å². The topological polar surface area (TPSA) is 73.3 Å². The van der Waals surface area contributed by atoms with Gasteiger partial charge in [-0.2, -0.15) is 0 Å². The fourth-order valence-electron chi connectivity index (χ4n) is 2.63. The molecule has 0 radical (unpaired) electrons. The molecular formula is C13H21NO3S. The van der Waals surface area contributed by atoms with Crippen molar-refractivity contribution >= 4 is 9.84 Å². The van der Waals surface area contributed by atoms with Crippen LogP contribution in [0.2, 0.25) is 0 Å². The summed E-state index contributed by atoms with van der Waals surface area (Å²) in [5.74, 6) is 1.66. The smallest absolute Gasteiger partial charge is 0.160 e. The highest BCUT2D eigenvalue weighted by Gasteiger charge is 2.30. The number of furan rings is 1. The lowest BCUT2D eigenvalue weighted by atomic mass is 9.91. The quantitative estimate of drug-likeness (QED) is 0.911. The van der Waals surface area contributed by atoms with Crippen molar-refractivity contribution in [3.8, 4) is 0 Å². The van der Waals surface area contributed by atoms with Gasteiger partial charge < -0.3 is 10.2 Å². The highest BCUT2D eigenvalue weighted by Crippen LogP contribution is 2.30. The molecule has 2 unspecified atom stereocenters. The van der Waals surface area contributed by atoms with E-state index in [0.29, 0.717) is 24.0 Å². The van der Waals surface area contributed by atoms with Gasteiger partial charge in [0, 0.05) is 0 Å². The molecule has 2 rings (SSSR count). The zero-order chi connectivity index (χ0) is 13.2. The normalized spacial score (nSPS) is 25.2. The molecule has 0 saturated heterocycles. The van der Waals surface area contributed by atoms with E-state index in [9.17, 15) is 8.42 Å². The van der Waals surface area contributed by atoms with Crippen molar-refractivity contribution in [2.75, 3.05) is 0 Å². The van der Waals surface area contributed by atoms with E-state index in [1.54, 1.807) is 12.1 Å². The highest BCUT2D eigenvalue weighted by atomic mass is 32.2. The van der Waals surface area contributed by atoms with Gasteiger partial charge in [-0.1, -0.05) is 19.8 Å². The van der Waals surface area contributed by atoms with Crippen LogP contribution in [-0.2, 0) is 22.1 Å². The van der Waals surface area contributed by atoms with E-state index in [2.05, 4.69) is 6.92 Å². The number of nitrogens with two attached hydrogens (primary N) is 1. The largest absolute Gasteiger partial charge is 0.464 e. The summed E-state index contributed by atoms with van der Waals surface area (Å²) >= 11 is 0. The first-order valence-electron chi connectivity index (χ1n) is 6.50. The Kier molecular flexibility index (Phi) is 4.12. The van der Waals surface area contributed by atoms with Crippen molar-refractivity contribution in [2.24, 2.45) is 11.7 Å². The van der Waals surface area contributed by atoms with Crippen LogP contribution in [0.4, 0.5) is 0 Å². The minimum absolute atomic E-state index is 0.00435. The summed E-state index contributed by atoms with van der Waals surface area (Å²) in [4.78, 5) is 0. The van der Waals surface area contributed by atoms with Gasteiger partial charge in [0.25, 0.3) is 0 Å². The summed E-state index contributed by atoms with van der Waals surface area (Å²) in [7, 11) is -3.10. The van der Waals surface area contributed by atoms with Crippen molar-refractivity contribution in [1.82, 2.24) is 0 Å². The molecule has 102 valence electrons. The molecule has 1 aromatic rings. The molecule has 1 fully saturated rings. The van der Waals surface area contributed by atoms with Crippen molar-refractivity contribution < 1.29 is 12.8 Å². The Morgan fingerprint density at radius 3 is 2.67 bits per heavy atom. The average molecular weight is 271 g/mol. The molecule has 1 saturated carbocycles. The lowest BCUT2D eigenvalue weighted by Gasteiger charge is -2.26. The zero-order valence-electron chi connectivity index (χ0n) is 10.8. The van der Waals surface area contributed by atoms with Crippen LogP contribution in [0.1, 0.15) is 44.1 Å². The van der Waals surface area contributed by atoms with Gasteiger partial charge in [-0.3, -0.25) is 0 Å². The Morgan fingerprint density at radius 1 is 1.33 bits per heavy atom. The van der Waals surface area contributed by atoms with E-state index in [1.807, 2.05) is 0 Å². The van der Waals surface area contributed by atoms with Crippen LogP contribution in [0.25, 0.3) is 0 Å². The average Bonchev–Trinajstić information content (AvgIpc) is 2.76. The summed E-state index contributed by atoms with van der Waals surface area (Å²) in [6, 6.07) is 3.46. The molecule has 1 aromatic heterocycles. The predicted molar refractivity (Wildman–Crippen MR) is 70.6 cm³/mol. The zero-order valence-corrected chi connectivity index (χ0v) is 11.6. The molecule has 1 heterocycles. The lowest BCUT2D eigenvalue weighted by Crippen LogP contribution is -2.28. The second kappa shape index (κ2) is 5.45. The van der Waals surface area contributed by atoms with Gasteiger partial charge in [-0.05, 0) is 30.9 Å². The van der Waals surface area contributed by atoms with Crippen molar-refractivity contribution in [3.05, 3.63) is 23.7 Å².